The zero-order valence-electron chi connectivity index (χ0n) is 24.9. The molecule has 0 bridgehead atoms. The van der Waals surface area contributed by atoms with Crippen molar-refractivity contribution in [1.82, 2.24) is 19.4 Å². The van der Waals surface area contributed by atoms with E-state index in [-0.39, 0.29) is 10.8 Å². The summed E-state index contributed by atoms with van der Waals surface area (Å²) in [5, 5.41) is 6.38. The Balaban J connectivity index is 1.72. The molecule has 0 atom stereocenters. The van der Waals surface area contributed by atoms with E-state index >= 15 is 0 Å². The van der Waals surface area contributed by atoms with Crippen LogP contribution in [0.1, 0.15) is 64.3 Å². The van der Waals surface area contributed by atoms with E-state index in [9.17, 15) is 0 Å². The average molecular weight is 527 g/mol. The minimum absolute atomic E-state index is 0.194. The minimum Gasteiger partial charge on any atom is -0.307 e. The number of para-hydroxylation sites is 1. The van der Waals surface area contributed by atoms with Gasteiger partial charge >= 0.3 is 0 Å². The Morgan fingerprint density at radius 3 is 2.02 bits per heavy atom. The summed E-state index contributed by atoms with van der Waals surface area (Å²) in [6, 6.07) is 17.9. The fourth-order valence-corrected chi connectivity index (χ4v) is 6.34. The maximum atomic E-state index is 5.06. The molecule has 0 fully saturated rings. The van der Waals surface area contributed by atoms with E-state index in [1.165, 1.54) is 60.1 Å². The van der Waals surface area contributed by atoms with Crippen molar-refractivity contribution in [1.29, 1.82) is 0 Å². The van der Waals surface area contributed by atoms with Gasteiger partial charge in [-0.25, -0.2) is 19.5 Å². The molecule has 5 nitrogen and oxygen atoms in total. The third kappa shape index (κ3) is 3.39. The largest absolute Gasteiger partial charge is 0.307 e. The lowest BCUT2D eigenvalue weighted by Crippen LogP contribution is -2.29. The van der Waals surface area contributed by atoms with E-state index in [1.807, 2.05) is 0 Å². The Kier molecular flexibility index (Phi) is 4.96. The van der Waals surface area contributed by atoms with Crippen LogP contribution in [0, 0.1) is 13.8 Å². The van der Waals surface area contributed by atoms with E-state index in [4.69, 9.17) is 15.0 Å². The van der Waals surface area contributed by atoms with Gasteiger partial charge in [-0.2, -0.15) is 0 Å². The third-order valence-electron chi connectivity index (χ3n) is 8.26. The molecule has 0 aliphatic carbocycles. The van der Waals surface area contributed by atoms with Crippen LogP contribution in [0.25, 0.3) is 60.4 Å². The summed E-state index contributed by atoms with van der Waals surface area (Å²) < 4.78 is 4.76. The predicted molar refractivity (Wildman–Crippen MR) is 165 cm³/mol. The topological polar surface area (TPSA) is 47.0 Å². The molecule has 0 amide bonds. The maximum absolute atomic E-state index is 5.06. The normalized spacial score (nSPS) is 13.1. The van der Waals surface area contributed by atoms with Crippen LogP contribution in [0.2, 0.25) is 0 Å². The number of fused-ring (bicyclic) bond motifs is 5. The van der Waals surface area contributed by atoms with Gasteiger partial charge in [0.15, 0.2) is 12.0 Å². The highest BCUT2D eigenvalue weighted by atomic mass is 15.1. The first-order chi connectivity index (χ1) is 18.8. The van der Waals surface area contributed by atoms with Gasteiger partial charge in [-0.3, -0.25) is 0 Å². The van der Waals surface area contributed by atoms with Gasteiger partial charge in [0.25, 0.3) is 0 Å². The number of rotatable bonds is 1. The standard InChI is InChI=1S/C35H36N5/c1-19-16-20(2)27-29-28-21(14-15-39(29)9)17-22(31-36-32(34(3,4)5)38-33(37-31)35(6,7)8)18-25(28)40-24-13-11-10-12-23(24)26(19)30(27)40/h10-18H,1-9H3/q+1. The van der Waals surface area contributed by atoms with Crippen LogP contribution in [0.3, 0.4) is 0 Å². The minimum atomic E-state index is -0.194. The summed E-state index contributed by atoms with van der Waals surface area (Å²) in [7, 11) is 2.16. The highest BCUT2D eigenvalue weighted by Crippen LogP contribution is 2.43. The number of hydrogen-bond acceptors (Lipinski definition) is 3. The zero-order valence-corrected chi connectivity index (χ0v) is 24.9. The van der Waals surface area contributed by atoms with Crippen LogP contribution >= 0.6 is 0 Å². The molecule has 7 rings (SSSR count). The number of hydrogen-bond donors (Lipinski definition) is 0. The highest BCUT2D eigenvalue weighted by Gasteiger charge is 2.28. The lowest BCUT2D eigenvalue weighted by Gasteiger charge is -2.23. The molecule has 0 N–H and O–H groups in total. The van der Waals surface area contributed by atoms with Crippen LogP contribution in [0.5, 0.6) is 0 Å². The molecule has 0 radical (unpaired) electrons. The first-order valence-corrected chi connectivity index (χ1v) is 14.1. The summed E-state index contributed by atoms with van der Waals surface area (Å²) >= 11 is 0. The van der Waals surface area contributed by atoms with Crippen molar-refractivity contribution in [2.45, 2.75) is 66.2 Å². The van der Waals surface area contributed by atoms with Gasteiger partial charge in [0.2, 0.25) is 5.52 Å². The number of aromatic nitrogens is 5. The second-order valence-corrected chi connectivity index (χ2v) is 13.5. The van der Waals surface area contributed by atoms with Gasteiger partial charge in [0.1, 0.15) is 18.7 Å². The second-order valence-electron chi connectivity index (χ2n) is 13.5. The van der Waals surface area contributed by atoms with Gasteiger partial charge in [-0.15, -0.1) is 0 Å². The molecule has 0 saturated carbocycles. The highest BCUT2D eigenvalue weighted by molar-refractivity contribution is 6.26. The maximum Gasteiger partial charge on any atom is 0.224 e. The number of aryl methyl sites for hydroxylation is 3. The lowest BCUT2D eigenvalue weighted by atomic mass is 9.92. The molecule has 0 saturated heterocycles. The van der Waals surface area contributed by atoms with E-state index < -0.39 is 0 Å². The molecule has 200 valence electrons. The van der Waals surface area contributed by atoms with Gasteiger partial charge < -0.3 is 4.40 Å². The number of benzene rings is 3. The van der Waals surface area contributed by atoms with Crippen LogP contribution in [-0.4, -0.2) is 19.4 Å². The molecule has 3 aromatic carbocycles. The Morgan fingerprint density at radius 1 is 0.700 bits per heavy atom. The van der Waals surface area contributed by atoms with Gasteiger partial charge in [-0.1, -0.05) is 65.8 Å². The molecule has 7 aromatic rings. The summed E-state index contributed by atoms with van der Waals surface area (Å²) in [5.41, 5.74) is 8.19. The first-order valence-electron chi connectivity index (χ1n) is 14.1. The van der Waals surface area contributed by atoms with Crippen molar-refractivity contribution >= 4 is 49.0 Å². The van der Waals surface area contributed by atoms with Crippen LogP contribution < -0.4 is 4.57 Å². The lowest BCUT2D eigenvalue weighted by molar-refractivity contribution is -0.643. The molecule has 0 aliphatic rings. The van der Waals surface area contributed by atoms with E-state index in [2.05, 4.69) is 126 Å². The Morgan fingerprint density at radius 2 is 1.35 bits per heavy atom. The van der Waals surface area contributed by atoms with Crippen molar-refractivity contribution in [3.63, 3.8) is 0 Å². The smallest absolute Gasteiger partial charge is 0.224 e. The Bertz CT molecular complexity index is 2120. The summed E-state index contributed by atoms with van der Waals surface area (Å²) in [5.74, 6) is 2.38. The molecule has 0 aliphatic heterocycles. The van der Waals surface area contributed by atoms with Crippen molar-refractivity contribution in [3.8, 4) is 11.4 Å². The molecule has 0 spiro atoms. The van der Waals surface area contributed by atoms with Crippen molar-refractivity contribution < 1.29 is 4.57 Å². The van der Waals surface area contributed by atoms with E-state index in [0.717, 1.165) is 23.0 Å². The van der Waals surface area contributed by atoms with Crippen molar-refractivity contribution in [3.05, 3.63) is 77.5 Å². The molecule has 4 heterocycles. The zero-order chi connectivity index (χ0) is 28.3. The quantitative estimate of drug-likeness (QED) is 0.124. The first kappa shape index (κ1) is 24.9. The number of pyridine rings is 2. The molecule has 40 heavy (non-hydrogen) atoms. The Hall–Kier alpha value is -4.12. The summed E-state index contributed by atoms with van der Waals surface area (Å²) in [4.78, 5) is 15.1. The summed E-state index contributed by atoms with van der Waals surface area (Å²) in [6.07, 6.45) is 2.18. The van der Waals surface area contributed by atoms with Gasteiger partial charge in [-0.05, 0) is 48.6 Å². The molecule has 5 heteroatoms. The fraction of sp³-hybridized carbons (Fsp3) is 0.314. The van der Waals surface area contributed by atoms with E-state index in [1.54, 1.807) is 0 Å². The summed E-state index contributed by atoms with van der Waals surface area (Å²) in [6.45, 7) is 17.5. The molecular weight excluding hydrogens is 490 g/mol. The number of nitrogens with zero attached hydrogens (tertiary/aromatic N) is 5. The van der Waals surface area contributed by atoms with Crippen molar-refractivity contribution in [2.75, 3.05) is 0 Å². The van der Waals surface area contributed by atoms with E-state index in [0.29, 0.717) is 0 Å². The van der Waals surface area contributed by atoms with Gasteiger partial charge in [0.05, 0.1) is 27.3 Å². The molecule has 0 unspecified atom stereocenters. The average Bonchev–Trinajstić information content (AvgIpc) is 3.24. The van der Waals surface area contributed by atoms with Crippen LogP contribution in [0.15, 0.2) is 54.7 Å². The Labute approximate surface area is 234 Å². The predicted octanol–water partition coefficient (Wildman–Crippen LogP) is 7.88. The van der Waals surface area contributed by atoms with Crippen molar-refractivity contribution in [2.24, 2.45) is 7.05 Å². The fourth-order valence-electron chi connectivity index (χ4n) is 6.34. The van der Waals surface area contributed by atoms with Crippen LogP contribution in [-0.2, 0) is 17.9 Å². The van der Waals surface area contributed by atoms with Gasteiger partial charge in [0, 0.05) is 33.2 Å². The molecular formula is C35H36N5+. The SMILES string of the molecule is Cc1cc(C)c2c3c1c1ccccc1n3c1cc(-c3nc(C(C)(C)C)nc(C(C)(C)C)n3)cc3cc[n+](C)c2c31. The second kappa shape index (κ2) is 7.97. The molecule has 4 aromatic heterocycles. The third-order valence-corrected chi connectivity index (χ3v) is 8.26. The monoisotopic (exact) mass is 526 g/mol. The van der Waals surface area contributed by atoms with Crippen LogP contribution in [0.4, 0.5) is 0 Å².